The van der Waals surface area contributed by atoms with Crippen molar-refractivity contribution in [3.63, 3.8) is 0 Å². The molecule has 0 unspecified atom stereocenters. The minimum absolute atomic E-state index is 0.0943. The van der Waals surface area contributed by atoms with Crippen molar-refractivity contribution in [1.29, 1.82) is 0 Å². The van der Waals surface area contributed by atoms with E-state index in [4.69, 9.17) is 10.5 Å². The molecule has 0 fully saturated rings. The molecule has 0 saturated heterocycles. The summed E-state index contributed by atoms with van der Waals surface area (Å²) < 4.78 is 35.2. The number of carbonyl (C=O) groups excluding carboxylic acids is 1. The van der Waals surface area contributed by atoms with E-state index in [1.54, 1.807) is 0 Å². The number of hydrogen-bond donors (Lipinski definition) is 2. The van der Waals surface area contributed by atoms with Crippen molar-refractivity contribution in [3.8, 4) is 5.75 Å². The van der Waals surface area contributed by atoms with Gasteiger partial charge in [0.05, 0.1) is 14.2 Å². The lowest BCUT2D eigenvalue weighted by molar-refractivity contribution is -0.139. The summed E-state index contributed by atoms with van der Waals surface area (Å²) in [6.45, 7) is -0.452. The maximum absolute atomic E-state index is 11.9. The van der Waals surface area contributed by atoms with E-state index in [0.717, 1.165) is 0 Å². The van der Waals surface area contributed by atoms with Crippen LogP contribution in [0.4, 0.5) is 5.69 Å². The Labute approximate surface area is 105 Å². The number of nitrogens with one attached hydrogen (secondary N) is 1. The average Bonchev–Trinajstić information content (AvgIpc) is 2.35. The molecule has 0 radical (unpaired) electrons. The molecular formula is C10H14N2O5S. The van der Waals surface area contributed by atoms with Gasteiger partial charge in [0.2, 0.25) is 10.0 Å². The number of methoxy groups -OCH3 is 2. The molecule has 0 spiro atoms. The van der Waals surface area contributed by atoms with Gasteiger partial charge in [-0.25, -0.2) is 8.42 Å². The molecule has 1 rings (SSSR count). The Kier molecular flexibility index (Phi) is 4.51. The van der Waals surface area contributed by atoms with Crippen LogP contribution < -0.4 is 15.2 Å². The first kappa shape index (κ1) is 14.3. The van der Waals surface area contributed by atoms with Crippen molar-refractivity contribution in [2.24, 2.45) is 0 Å². The minimum Gasteiger partial charge on any atom is -0.495 e. The van der Waals surface area contributed by atoms with E-state index in [9.17, 15) is 13.2 Å². The minimum atomic E-state index is -3.86. The third-order valence-corrected chi connectivity index (χ3v) is 3.55. The summed E-state index contributed by atoms with van der Waals surface area (Å²) >= 11 is 0. The third-order valence-electron chi connectivity index (χ3n) is 2.11. The third kappa shape index (κ3) is 3.34. The van der Waals surface area contributed by atoms with Crippen molar-refractivity contribution in [3.05, 3.63) is 18.2 Å². The van der Waals surface area contributed by atoms with Crippen molar-refractivity contribution in [2.45, 2.75) is 4.90 Å². The van der Waals surface area contributed by atoms with Crippen LogP contribution in [0.2, 0.25) is 0 Å². The highest BCUT2D eigenvalue weighted by Gasteiger charge is 2.20. The maximum Gasteiger partial charge on any atom is 0.320 e. The van der Waals surface area contributed by atoms with E-state index in [1.807, 2.05) is 0 Å². The Morgan fingerprint density at radius 3 is 2.61 bits per heavy atom. The second-order valence-electron chi connectivity index (χ2n) is 3.31. The average molecular weight is 274 g/mol. The van der Waals surface area contributed by atoms with Crippen LogP contribution >= 0.6 is 0 Å². The van der Waals surface area contributed by atoms with Gasteiger partial charge in [-0.1, -0.05) is 0 Å². The molecule has 8 heteroatoms. The van der Waals surface area contributed by atoms with Crippen LogP contribution in [0.3, 0.4) is 0 Å². The van der Waals surface area contributed by atoms with Crippen LogP contribution in [-0.4, -0.2) is 35.2 Å². The zero-order valence-electron chi connectivity index (χ0n) is 9.97. The van der Waals surface area contributed by atoms with Crippen LogP contribution in [0.1, 0.15) is 0 Å². The summed E-state index contributed by atoms with van der Waals surface area (Å²) in [6, 6.07) is 4.11. The van der Waals surface area contributed by atoms with Gasteiger partial charge in [0.1, 0.15) is 17.2 Å². The molecule has 3 N–H and O–H groups in total. The fourth-order valence-corrected chi connectivity index (χ4v) is 2.33. The van der Waals surface area contributed by atoms with E-state index < -0.39 is 22.5 Å². The van der Waals surface area contributed by atoms with Gasteiger partial charge in [0.15, 0.2) is 0 Å². The number of nitrogens with two attached hydrogens (primary N) is 1. The van der Waals surface area contributed by atoms with Crippen LogP contribution in [0.15, 0.2) is 23.1 Å². The van der Waals surface area contributed by atoms with Crippen molar-refractivity contribution in [1.82, 2.24) is 4.72 Å². The second-order valence-corrected chi connectivity index (χ2v) is 5.05. The van der Waals surface area contributed by atoms with Gasteiger partial charge < -0.3 is 15.2 Å². The molecular weight excluding hydrogens is 260 g/mol. The summed E-state index contributed by atoms with van der Waals surface area (Å²) in [6.07, 6.45) is 0. The lowest BCUT2D eigenvalue weighted by Crippen LogP contribution is -2.30. The zero-order valence-corrected chi connectivity index (χ0v) is 10.8. The molecule has 100 valence electrons. The Morgan fingerprint density at radius 2 is 2.06 bits per heavy atom. The summed E-state index contributed by atoms with van der Waals surface area (Å²) in [4.78, 5) is 10.8. The molecule has 0 atom stereocenters. The number of benzene rings is 1. The first-order valence-electron chi connectivity index (χ1n) is 4.90. The Morgan fingerprint density at radius 1 is 1.39 bits per heavy atom. The van der Waals surface area contributed by atoms with Crippen molar-refractivity contribution < 1.29 is 22.7 Å². The first-order valence-corrected chi connectivity index (χ1v) is 6.39. The smallest absolute Gasteiger partial charge is 0.320 e. The molecule has 0 amide bonds. The number of esters is 1. The normalized spacial score (nSPS) is 11.0. The fourth-order valence-electron chi connectivity index (χ4n) is 1.21. The number of sulfonamides is 1. The Balaban J connectivity index is 3.01. The van der Waals surface area contributed by atoms with Gasteiger partial charge in [-0.2, -0.15) is 4.72 Å². The van der Waals surface area contributed by atoms with E-state index in [0.29, 0.717) is 5.69 Å². The summed E-state index contributed by atoms with van der Waals surface area (Å²) in [5, 5.41) is 0. The monoisotopic (exact) mass is 274 g/mol. The van der Waals surface area contributed by atoms with E-state index >= 15 is 0 Å². The highest BCUT2D eigenvalue weighted by molar-refractivity contribution is 7.89. The summed E-state index contributed by atoms with van der Waals surface area (Å²) in [5.41, 5.74) is 5.89. The van der Waals surface area contributed by atoms with Gasteiger partial charge in [-0.3, -0.25) is 4.79 Å². The van der Waals surface area contributed by atoms with E-state index in [1.165, 1.54) is 32.4 Å². The van der Waals surface area contributed by atoms with Gasteiger partial charge in [0, 0.05) is 11.8 Å². The summed E-state index contributed by atoms with van der Waals surface area (Å²) in [5.74, 6) is -0.583. The fraction of sp³-hybridized carbons (Fsp3) is 0.300. The predicted molar refractivity (Wildman–Crippen MR) is 64.6 cm³/mol. The highest BCUT2D eigenvalue weighted by atomic mass is 32.2. The van der Waals surface area contributed by atoms with Gasteiger partial charge in [0.25, 0.3) is 0 Å². The first-order chi connectivity index (χ1) is 8.40. The number of carbonyl (C=O) groups is 1. The number of hydrogen-bond acceptors (Lipinski definition) is 6. The molecule has 1 aromatic rings. The molecule has 0 bridgehead atoms. The van der Waals surface area contributed by atoms with Gasteiger partial charge >= 0.3 is 5.97 Å². The number of anilines is 1. The van der Waals surface area contributed by atoms with Gasteiger partial charge in [-0.15, -0.1) is 0 Å². The van der Waals surface area contributed by atoms with Crippen LogP contribution in [0, 0.1) is 0 Å². The molecule has 0 aliphatic rings. The van der Waals surface area contributed by atoms with E-state index in [2.05, 4.69) is 9.46 Å². The van der Waals surface area contributed by atoms with Crippen LogP contribution in [-0.2, 0) is 19.6 Å². The van der Waals surface area contributed by atoms with Crippen molar-refractivity contribution in [2.75, 3.05) is 26.5 Å². The van der Waals surface area contributed by atoms with Crippen molar-refractivity contribution >= 4 is 21.7 Å². The SMILES string of the molecule is COC(=O)CNS(=O)(=O)c1ccc(N)cc1OC. The Bertz CT molecular complexity index is 541. The lowest BCUT2D eigenvalue weighted by atomic mass is 10.3. The molecule has 0 heterocycles. The molecule has 0 aliphatic carbocycles. The number of ether oxygens (including phenoxy) is 2. The van der Waals surface area contributed by atoms with Crippen LogP contribution in [0.5, 0.6) is 5.75 Å². The predicted octanol–water partition coefficient (Wildman–Crippen LogP) is -0.271. The number of nitrogen functional groups attached to an aromatic ring is 1. The topological polar surface area (TPSA) is 108 Å². The Hall–Kier alpha value is -1.80. The molecule has 7 nitrogen and oxygen atoms in total. The summed E-state index contributed by atoms with van der Waals surface area (Å²) in [7, 11) is -1.36. The second kappa shape index (κ2) is 5.69. The maximum atomic E-state index is 11.9. The quantitative estimate of drug-likeness (QED) is 0.565. The number of rotatable bonds is 5. The van der Waals surface area contributed by atoms with E-state index in [-0.39, 0.29) is 10.6 Å². The van der Waals surface area contributed by atoms with Crippen LogP contribution in [0.25, 0.3) is 0 Å². The zero-order chi connectivity index (χ0) is 13.8. The highest BCUT2D eigenvalue weighted by Crippen LogP contribution is 2.25. The standard InChI is InChI=1S/C10H14N2O5S/c1-16-8-5-7(11)3-4-9(8)18(14,15)12-6-10(13)17-2/h3-5,12H,6,11H2,1-2H3. The molecule has 0 saturated carbocycles. The molecule has 0 aliphatic heterocycles. The molecule has 1 aromatic carbocycles. The molecule has 18 heavy (non-hydrogen) atoms. The largest absolute Gasteiger partial charge is 0.495 e. The molecule has 0 aromatic heterocycles. The lowest BCUT2D eigenvalue weighted by Gasteiger charge is -2.10. The van der Waals surface area contributed by atoms with Gasteiger partial charge in [-0.05, 0) is 12.1 Å².